The third-order valence-corrected chi connectivity index (χ3v) is 3.36. The summed E-state index contributed by atoms with van der Waals surface area (Å²) in [6, 6.07) is 5.32. The van der Waals surface area contributed by atoms with Gasteiger partial charge in [-0.2, -0.15) is 8.78 Å². The molecule has 1 aromatic rings. The lowest BCUT2D eigenvalue weighted by Crippen LogP contribution is -2.22. The normalized spacial score (nSPS) is 13.9. The van der Waals surface area contributed by atoms with Crippen molar-refractivity contribution in [2.45, 2.75) is 33.6 Å². The number of benzene rings is 1. The van der Waals surface area contributed by atoms with E-state index in [1.54, 1.807) is 19.1 Å². The van der Waals surface area contributed by atoms with E-state index >= 15 is 0 Å². The van der Waals surface area contributed by atoms with Crippen molar-refractivity contribution in [3.8, 4) is 0 Å². The summed E-state index contributed by atoms with van der Waals surface area (Å²) in [6.45, 7) is 9.68. The highest BCUT2D eigenvalue weighted by Crippen LogP contribution is 2.24. The molecule has 122 valence electrons. The smallest absolute Gasteiger partial charge is 0.287 e. The van der Waals surface area contributed by atoms with E-state index in [1.165, 1.54) is 12.2 Å². The Morgan fingerprint density at radius 1 is 1.26 bits per heavy atom. The van der Waals surface area contributed by atoms with Crippen LogP contribution in [0.2, 0.25) is 0 Å². The molecule has 23 heavy (non-hydrogen) atoms. The van der Waals surface area contributed by atoms with Crippen molar-refractivity contribution in [1.82, 2.24) is 0 Å². The van der Waals surface area contributed by atoms with E-state index in [1.807, 2.05) is 19.9 Å². The lowest BCUT2D eigenvalue weighted by Gasteiger charge is -2.13. The molecule has 1 aromatic carbocycles. The van der Waals surface area contributed by atoms with Crippen molar-refractivity contribution in [2.75, 3.05) is 0 Å². The Morgan fingerprint density at radius 2 is 1.91 bits per heavy atom. The summed E-state index contributed by atoms with van der Waals surface area (Å²) in [6.07, 6.45) is 3.70. The number of halogens is 2. The third kappa shape index (κ3) is 5.36. The van der Waals surface area contributed by atoms with E-state index in [2.05, 4.69) is 16.7 Å². The first-order chi connectivity index (χ1) is 10.7. The maximum Gasteiger partial charge on any atom is 0.287 e. The third-order valence-electron chi connectivity index (χ3n) is 3.36. The first-order valence-corrected chi connectivity index (χ1v) is 7.09. The van der Waals surface area contributed by atoms with Gasteiger partial charge in [0.05, 0.1) is 11.4 Å². The van der Waals surface area contributed by atoms with Crippen LogP contribution in [0.25, 0.3) is 0 Å². The van der Waals surface area contributed by atoms with Gasteiger partial charge >= 0.3 is 0 Å². The van der Waals surface area contributed by atoms with Gasteiger partial charge in [-0.05, 0) is 68.5 Å². The SMILES string of the molecule is C=NC(=C\C=N)/C(C)=C\C(=Nc1ccc(C)c(C)c1)C(C)(F)F. The first-order valence-electron chi connectivity index (χ1n) is 7.09. The molecule has 0 atom stereocenters. The highest BCUT2D eigenvalue weighted by Gasteiger charge is 2.28. The van der Waals surface area contributed by atoms with Gasteiger partial charge < -0.3 is 5.41 Å². The Kier molecular flexibility index (Phi) is 6.25. The Labute approximate surface area is 135 Å². The topological polar surface area (TPSA) is 48.6 Å². The molecular weight excluding hydrogens is 296 g/mol. The second-order valence-electron chi connectivity index (χ2n) is 5.36. The van der Waals surface area contributed by atoms with Crippen LogP contribution in [0.4, 0.5) is 14.5 Å². The second-order valence-corrected chi connectivity index (χ2v) is 5.36. The van der Waals surface area contributed by atoms with Gasteiger partial charge in [-0.3, -0.25) is 4.99 Å². The second kappa shape index (κ2) is 7.72. The molecule has 0 aliphatic heterocycles. The molecule has 0 radical (unpaired) electrons. The van der Waals surface area contributed by atoms with E-state index < -0.39 is 5.92 Å². The van der Waals surface area contributed by atoms with E-state index in [0.717, 1.165) is 24.3 Å². The summed E-state index contributed by atoms with van der Waals surface area (Å²) in [5.41, 5.74) is 3.00. The van der Waals surface area contributed by atoms with Crippen LogP contribution in [0.15, 0.2) is 51.6 Å². The molecule has 1 N–H and O–H groups in total. The lowest BCUT2D eigenvalue weighted by molar-refractivity contribution is 0.102. The zero-order valence-corrected chi connectivity index (χ0v) is 13.8. The van der Waals surface area contributed by atoms with Gasteiger partial charge in [0.15, 0.2) is 0 Å². The number of aliphatic imine (C=N–C) groups is 2. The summed E-state index contributed by atoms with van der Waals surface area (Å²) in [7, 11) is 0. The van der Waals surface area contributed by atoms with Crippen LogP contribution >= 0.6 is 0 Å². The van der Waals surface area contributed by atoms with Crippen molar-refractivity contribution in [3.05, 3.63) is 52.7 Å². The van der Waals surface area contributed by atoms with Crippen molar-refractivity contribution in [1.29, 1.82) is 5.41 Å². The summed E-state index contributed by atoms with van der Waals surface area (Å²) in [5.74, 6) is -3.10. The molecule has 1 rings (SSSR count). The zero-order chi connectivity index (χ0) is 17.6. The van der Waals surface area contributed by atoms with Gasteiger partial charge in [-0.1, -0.05) is 6.07 Å². The standard InChI is InChI=1S/C18H21F2N3/c1-12-6-7-15(10-13(12)2)23-17(18(4,19)20)11-14(3)16(22-5)8-9-21/h6-11,21H,5H2,1-4H3/b14-11-,16-8-,21-9?,23-17?. The summed E-state index contributed by atoms with van der Waals surface area (Å²) in [5, 5.41) is 7.06. The fourth-order valence-corrected chi connectivity index (χ4v) is 1.86. The minimum absolute atomic E-state index is 0.358. The van der Waals surface area contributed by atoms with Gasteiger partial charge in [0.2, 0.25) is 0 Å². The van der Waals surface area contributed by atoms with E-state index in [9.17, 15) is 8.78 Å². The van der Waals surface area contributed by atoms with Crippen LogP contribution in [0.5, 0.6) is 0 Å². The van der Waals surface area contributed by atoms with Crippen molar-refractivity contribution in [3.63, 3.8) is 0 Å². The molecule has 0 unspecified atom stereocenters. The van der Waals surface area contributed by atoms with Gasteiger partial charge in [-0.15, -0.1) is 0 Å². The minimum Gasteiger partial charge on any atom is -0.309 e. The predicted molar refractivity (Wildman–Crippen MR) is 93.8 cm³/mol. The Hall–Kier alpha value is -2.43. The molecule has 0 amide bonds. The average molecular weight is 317 g/mol. The van der Waals surface area contributed by atoms with E-state index in [4.69, 9.17) is 5.41 Å². The largest absolute Gasteiger partial charge is 0.309 e. The highest BCUT2D eigenvalue weighted by molar-refractivity contribution is 6.02. The Balaban J connectivity index is 3.38. The lowest BCUT2D eigenvalue weighted by atomic mass is 10.1. The zero-order valence-electron chi connectivity index (χ0n) is 13.8. The van der Waals surface area contributed by atoms with Crippen LogP contribution in [0, 0.1) is 19.3 Å². The maximum absolute atomic E-state index is 13.9. The number of hydrogen-bond donors (Lipinski definition) is 1. The number of allylic oxidation sites excluding steroid dienone is 3. The Bertz CT molecular complexity index is 693. The Morgan fingerprint density at radius 3 is 2.39 bits per heavy atom. The molecule has 3 nitrogen and oxygen atoms in total. The molecule has 0 saturated heterocycles. The monoisotopic (exact) mass is 317 g/mol. The first kappa shape index (κ1) is 18.6. The number of alkyl halides is 2. The van der Waals surface area contributed by atoms with Crippen molar-refractivity contribution in [2.24, 2.45) is 9.98 Å². The van der Waals surface area contributed by atoms with Crippen LogP contribution in [0.3, 0.4) is 0 Å². The molecular formula is C18H21F2N3. The van der Waals surface area contributed by atoms with E-state index in [-0.39, 0.29) is 5.71 Å². The maximum atomic E-state index is 13.9. The van der Waals surface area contributed by atoms with Crippen LogP contribution in [-0.4, -0.2) is 24.6 Å². The summed E-state index contributed by atoms with van der Waals surface area (Å²) < 4.78 is 27.8. The molecule has 0 aliphatic carbocycles. The summed E-state index contributed by atoms with van der Waals surface area (Å²) in [4.78, 5) is 7.83. The van der Waals surface area contributed by atoms with Gasteiger partial charge in [-0.25, -0.2) is 4.99 Å². The van der Waals surface area contributed by atoms with Crippen molar-refractivity contribution >= 4 is 24.3 Å². The van der Waals surface area contributed by atoms with Crippen LogP contribution in [0.1, 0.15) is 25.0 Å². The molecule has 0 aromatic heterocycles. The molecule has 5 heteroatoms. The molecule has 0 aliphatic rings. The van der Waals surface area contributed by atoms with Gasteiger partial charge in [0.1, 0.15) is 5.71 Å². The summed E-state index contributed by atoms with van der Waals surface area (Å²) >= 11 is 0. The number of nitrogens with one attached hydrogen (secondary N) is 1. The van der Waals surface area contributed by atoms with E-state index in [0.29, 0.717) is 17.0 Å². The minimum atomic E-state index is -3.10. The highest BCUT2D eigenvalue weighted by atomic mass is 19.3. The number of rotatable bonds is 6. The molecule has 0 bridgehead atoms. The van der Waals surface area contributed by atoms with Crippen LogP contribution in [-0.2, 0) is 0 Å². The average Bonchev–Trinajstić information content (AvgIpc) is 2.46. The number of hydrogen-bond acceptors (Lipinski definition) is 3. The molecule has 0 heterocycles. The fourth-order valence-electron chi connectivity index (χ4n) is 1.86. The van der Waals surface area contributed by atoms with Crippen LogP contribution < -0.4 is 0 Å². The predicted octanol–water partition coefficient (Wildman–Crippen LogP) is 5.21. The molecule has 0 fully saturated rings. The van der Waals surface area contributed by atoms with Crippen molar-refractivity contribution < 1.29 is 8.78 Å². The number of nitrogens with zero attached hydrogens (tertiary/aromatic N) is 2. The molecule has 0 spiro atoms. The quantitative estimate of drug-likeness (QED) is 0.553. The van der Waals surface area contributed by atoms with Gasteiger partial charge in [0, 0.05) is 13.1 Å². The number of aryl methyl sites for hydroxylation is 2. The van der Waals surface area contributed by atoms with Gasteiger partial charge in [0.25, 0.3) is 5.92 Å². The molecule has 0 saturated carbocycles. The fraction of sp³-hybridized carbons (Fsp3) is 0.278.